The Kier molecular flexibility index (Phi) is 8.20. The minimum absolute atomic E-state index is 0.0556. The van der Waals surface area contributed by atoms with Gasteiger partial charge >= 0.3 is 0 Å². The fourth-order valence-corrected chi connectivity index (χ4v) is 2.24. The van der Waals surface area contributed by atoms with Gasteiger partial charge in [0.2, 0.25) is 5.91 Å². The molecule has 0 aromatic carbocycles. The van der Waals surface area contributed by atoms with Gasteiger partial charge in [0, 0.05) is 19.1 Å². The number of nitrogens with two attached hydrogens (primary N) is 1. The molecule has 0 bridgehead atoms. The van der Waals surface area contributed by atoms with E-state index in [-0.39, 0.29) is 11.8 Å². The first-order chi connectivity index (χ1) is 8.29. The largest absolute Gasteiger partial charge is 0.354 e. The van der Waals surface area contributed by atoms with Gasteiger partial charge in [-0.25, -0.2) is 0 Å². The number of likely N-dealkylation sites (N-methyl/N-ethyl adjacent to an activating group) is 1. The quantitative estimate of drug-likeness (QED) is 0.689. The first-order valence-electron chi connectivity index (χ1n) is 6.93. The lowest BCUT2D eigenvalue weighted by Crippen LogP contribution is -2.46. The van der Waals surface area contributed by atoms with E-state index in [4.69, 9.17) is 5.73 Å². The van der Waals surface area contributed by atoms with Crippen LogP contribution in [-0.2, 0) is 4.79 Å². The van der Waals surface area contributed by atoms with E-state index in [2.05, 4.69) is 37.9 Å². The molecule has 18 heavy (non-hydrogen) atoms. The van der Waals surface area contributed by atoms with Crippen LogP contribution in [-0.4, -0.2) is 44.0 Å². The molecule has 1 amide bonds. The molecule has 0 radical (unpaired) electrons. The maximum absolute atomic E-state index is 12.0. The number of carbonyl (C=O) groups is 1. The lowest BCUT2D eigenvalue weighted by Gasteiger charge is -2.29. The molecule has 3 N–H and O–H groups in total. The first-order valence-corrected chi connectivity index (χ1v) is 6.93. The number of nitrogens with one attached hydrogen (secondary N) is 1. The van der Waals surface area contributed by atoms with Gasteiger partial charge in [0.05, 0.1) is 5.92 Å². The maximum Gasteiger partial charge on any atom is 0.224 e. The van der Waals surface area contributed by atoms with Gasteiger partial charge < -0.3 is 16.0 Å². The fourth-order valence-electron chi connectivity index (χ4n) is 2.24. The SMILES string of the molecule is CC(C)CC(CN)C(=O)NCC(C(C)C)N(C)C. The Balaban J connectivity index is 4.28. The van der Waals surface area contributed by atoms with Gasteiger partial charge in [-0.15, -0.1) is 0 Å². The summed E-state index contributed by atoms with van der Waals surface area (Å²) in [4.78, 5) is 14.2. The summed E-state index contributed by atoms with van der Waals surface area (Å²) in [6.45, 7) is 9.70. The van der Waals surface area contributed by atoms with Gasteiger partial charge in [0.15, 0.2) is 0 Å². The fraction of sp³-hybridized carbons (Fsp3) is 0.929. The van der Waals surface area contributed by atoms with Crippen LogP contribution in [0.15, 0.2) is 0 Å². The zero-order chi connectivity index (χ0) is 14.3. The van der Waals surface area contributed by atoms with Gasteiger partial charge in [0.25, 0.3) is 0 Å². The summed E-state index contributed by atoms with van der Waals surface area (Å²) < 4.78 is 0. The van der Waals surface area contributed by atoms with E-state index >= 15 is 0 Å². The number of hydrogen-bond acceptors (Lipinski definition) is 3. The molecule has 0 spiro atoms. The van der Waals surface area contributed by atoms with Crippen molar-refractivity contribution in [2.45, 2.75) is 40.2 Å². The second-order valence-corrected chi connectivity index (χ2v) is 6.08. The summed E-state index contributed by atoms with van der Waals surface area (Å²) >= 11 is 0. The third-order valence-corrected chi connectivity index (χ3v) is 3.33. The van der Waals surface area contributed by atoms with E-state index in [1.165, 1.54) is 0 Å². The highest BCUT2D eigenvalue weighted by molar-refractivity contribution is 5.78. The summed E-state index contributed by atoms with van der Waals surface area (Å²) in [5.41, 5.74) is 5.68. The molecule has 0 aliphatic carbocycles. The zero-order valence-corrected chi connectivity index (χ0v) is 12.9. The number of hydrogen-bond donors (Lipinski definition) is 2. The third-order valence-electron chi connectivity index (χ3n) is 3.33. The van der Waals surface area contributed by atoms with Gasteiger partial charge in [0.1, 0.15) is 0 Å². The van der Waals surface area contributed by atoms with Crippen molar-refractivity contribution in [3.05, 3.63) is 0 Å². The minimum Gasteiger partial charge on any atom is -0.354 e. The Morgan fingerprint density at radius 3 is 2.11 bits per heavy atom. The number of nitrogens with zero attached hydrogens (tertiary/aromatic N) is 1. The molecule has 0 aromatic rings. The van der Waals surface area contributed by atoms with E-state index in [0.717, 1.165) is 6.42 Å². The molecular formula is C14H31N3O. The smallest absolute Gasteiger partial charge is 0.224 e. The summed E-state index contributed by atoms with van der Waals surface area (Å²) in [7, 11) is 4.09. The molecule has 0 heterocycles. The van der Waals surface area contributed by atoms with Crippen molar-refractivity contribution in [1.82, 2.24) is 10.2 Å². The maximum atomic E-state index is 12.0. The lowest BCUT2D eigenvalue weighted by molar-refractivity contribution is -0.125. The first kappa shape index (κ1) is 17.4. The van der Waals surface area contributed by atoms with E-state index in [1.807, 2.05) is 14.1 Å². The predicted molar refractivity (Wildman–Crippen MR) is 77.3 cm³/mol. The van der Waals surface area contributed by atoms with Gasteiger partial charge in [-0.2, -0.15) is 0 Å². The van der Waals surface area contributed by atoms with Crippen molar-refractivity contribution in [1.29, 1.82) is 0 Å². The van der Waals surface area contributed by atoms with Crippen LogP contribution < -0.4 is 11.1 Å². The summed E-state index contributed by atoms with van der Waals surface area (Å²) in [5.74, 6) is 1.06. The van der Waals surface area contributed by atoms with Crippen LogP contribution in [0.4, 0.5) is 0 Å². The van der Waals surface area contributed by atoms with E-state index in [0.29, 0.717) is 31.0 Å². The molecule has 108 valence electrons. The van der Waals surface area contributed by atoms with Crippen molar-refractivity contribution in [2.75, 3.05) is 27.2 Å². The molecule has 4 heteroatoms. The Morgan fingerprint density at radius 2 is 1.78 bits per heavy atom. The molecule has 0 fully saturated rings. The Bertz CT molecular complexity index is 231. The van der Waals surface area contributed by atoms with Crippen molar-refractivity contribution in [3.63, 3.8) is 0 Å². The zero-order valence-electron chi connectivity index (χ0n) is 12.9. The van der Waals surface area contributed by atoms with Crippen LogP contribution in [0, 0.1) is 17.8 Å². The molecular weight excluding hydrogens is 226 g/mol. The predicted octanol–water partition coefficient (Wildman–Crippen LogP) is 1.31. The topological polar surface area (TPSA) is 58.4 Å². The average Bonchev–Trinajstić information content (AvgIpc) is 2.24. The van der Waals surface area contributed by atoms with E-state index in [9.17, 15) is 4.79 Å². The molecule has 2 unspecified atom stereocenters. The molecule has 4 nitrogen and oxygen atoms in total. The highest BCUT2D eigenvalue weighted by Gasteiger charge is 2.21. The van der Waals surface area contributed by atoms with Crippen molar-refractivity contribution < 1.29 is 4.79 Å². The van der Waals surface area contributed by atoms with Gasteiger partial charge in [-0.3, -0.25) is 4.79 Å². The molecule has 0 saturated heterocycles. The van der Waals surface area contributed by atoms with Crippen LogP contribution in [0.5, 0.6) is 0 Å². The van der Waals surface area contributed by atoms with Crippen LogP contribution in [0.1, 0.15) is 34.1 Å². The van der Waals surface area contributed by atoms with Crippen molar-refractivity contribution in [3.8, 4) is 0 Å². The van der Waals surface area contributed by atoms with Crippen molar-refractivity contribution >= 4 is 5.91 Å². The van der Waals surface area contributed by atoms with Crippen LogP contribution in [0.25, 0.3) is 0 Å². The number of amides is 1. The van der Waals surface area contributed by atoms with Crippen LogP contribution in [0.2, 0.25) is 0 Å². The normalized spacial score (nSPS) is 15.2. The van der Waals surface area contributed by atoms with Gasteiger partial charge in [-0.05, 0) is 32.4 Å². The van der Waals surface area contributed by atoms with E-state index in [1.54, 1.807) is 0 Å². The Labute approximate surface area is 112 Å². The monoisotopic (exact) mass is 257 g/mol. The summed E-state index contributed by atoms with van der Waals surface area (Å²) in [6.07, 6.45) is 0.858. The standard InChI is InChI=1S/C14H31N3O/c1-10(2)7-12(8-15)14(18)16-9-13(11(3)4)17(5)6/h10-13H,7-9,15H2,1-6H3,(H,16,18). The third kappa shape index (κ3) is 6.36. The molecule has 0 rings (SSSR count). The Morgan fingerprint density at radius 1 is 1.22 bits per heavy atom. The van der Waals surface area contributed by atoms with Crippen LogP contribution in [0.3, 0.4) is 0 Å². The second kappa shape index (κ2) is 8.48. The van der Waals surface area contributed by atoms with Gasteiger partial charge in [-0.1, -0.05) is 27.7 Å². The van der Waals surface area contributed by atoms with E-state index < -0.39 is 0 Å². The number of carbonyl (C=O) groups excluding carboxylic acids is 1. The van der Waals surface area contributed by atoms with Crippen LogP contribution >= 0.6 is 0 Å². The highest BCUT2D eigenvalue weighted by Crippen LogP contribution is 2.11. The molecule has 0 aromatic heterocycles. The number of rotatable bonds is 8. The minimum atomic E-state index is -0.0556. The average molecular weight is 257 g/mol. The second-order valence-electron chi connectivity index (χ2n) is 6.08. The highest BCUT2D eigenvalue weighted by atomic mass is 16.1. The molecule has 2 atom stereocenters. The molecule has 0 saturated carbocycles. The molecule has 0 aliphatic heterocycles. The summed E-state index contributed by atoms with van der Waals surface area (Å²) in [5, 5.41) is 3.04. The van der Waals surface area contributed by atoms with Crippen molar-refractivity contribution in [2.24, 2.45) is 23.5 Å². The summed E-state index contributed by atoms with van der Waals surface area (Å²) in [6, 6.07) is 0.367. The Hall–Kier alpha value is -0.610. The molecule has 0 aliphatic rings. The lowest BCUT2D eigenvalue weighted by atomic mass is 9.96.